The van der Waals surface area contributed by atoms with Gasteiger partial charge in [-0.3, -0.25) is 5.41 Å². The molecule has 0 radical (unpaired) electrons. The summed E-state index contributed by atoms with van der Waals surface area (Å²) in [5.41, 5.74) is 3.74. The van der Waals surface area contributed by atoms with E-state index in [2.05, 4.69) is 0 Å². The molecular weight excluding hydrogens is 346 g/mol. The Balaban J connectivity index is 2.23. The summed E-state index contributed by atoms with van der Waals surface area (Å²) in [6, 6.07) is 13.5. The van der Waals surface area contributed by atoms with E-state index in [1.54, 1.807) is 48.5 Å². The van der Waals surface area contributed by atoms with Crippen molar-refractivity contribution in [2.75, 3.05) is 0 Å². The minimum atomic E-state index is -1.70. The smallest absolute Gasteiger partial charge is 0.186 e. The Kier molecular flexibility index (Phi) is 3.47. The number of rotatable bonds is 2. The largest absolute Gasteiger partial charge is 0.384 e. The summed E-state index contributed by atoms with van der Waals surface area (Å²) in [4.78, 5) is 0. The average molecular weight is 357 g/mol. The highest BCUT2D eigenvalue weighted by Gasteiger charge is 2.29. The topological polar surface area (TPSA) is 54.8 Å². The lowest BCUT2D eigenvalue weighted by atomic mass is 10.1. The minimum Gasteiger partial charge on any atom is -0.384 e. The molecule has 0 saturated heterocycles. The summed E-state index contributed by atoms with van der Waals surface area (Å²) in [6.45, 7) is 0. The van der Waals surface area contributed by atoms with Crippen molar-refractivity contribution in [1.29, 1.82) is 5.41 Å². The van der Waals surface area contributed by atoms with Crippen molar-refractivity contribution >= 4 is 27.6 Å². The normalized spacial score (nSPS) is 11.4. The first-order chi connectivity index (χ1) is 12.4. The van der Waals surface area contributed by atoms with Crippen LogP contribution in [0.15, 0.2) is 48.5 Å². The molecule has 3 aromatic carbocycles. The van der Waals surface area contributed by atoms with Crippen LogP contribution in [0.5, 0.6) is 0 Å². The van der Waals surface area contributed by atoms with E-state index in [9.17, 15) is 17.6 Å². The van der Waals surface area contributed by atoms with Gasteiger partial charge in [-0.25, -0.2) is 17.6 Å². The maximum absolute atomic E-state index is 14.7. The van der Waals surface area contributed by atoms with Gasteiger partial charge in [0.05, 0.1) is 16.6 Å². The van der Waals surface area contributed by atoms with Gasteiger partial charge in [-0.05, 0) is 12.1 Å². The predicted molar refractivity (Wildman–Crippen MR) is 91.6 cm³/mol. The first kappa shape index (κ1) is 16.1. The quantitative estimate of drug-likeness (QED) is 0.234. The van der Waals surface area contributed by atoms with Gasteiger partial charge in [0, 0.05) is 10.8 Å². The van der Waals surface area contributed by atoms with Crippen molar-refractivity contribution in [3.05, 3.63) is 77.4 Å². The number of nitrogens with two attached hydrogens (primary N) is 1. The number of halogens is 4. The molecule has 3 N–H and O–H groups in total. The average Bonchev–Trinajstić information content (AvgIpc) is 2.95. The number of fused-ring (bicyclic) bond motifs is 3. The Bertz CT molecular complexity index is 1130. The number of amidine groups is 1. The molecule has 0 aliphatic heterocycles. The van der Waals surface area contributed by atoms with Crippen molar-refractivity contribution in [1.82, 2.24) is 4.57 Å². The molecule has 0 fully saturated rings. The van der Waals surface area contributed by atoms with Gasteiger partial charge in [0.2, 0.25) is 0 Å². The van der Waals surface area contributed by atoms with Crippen LogP contribution in [-0.2, 0) is 0 Å². The van der Waals surface area contributed by atoms with Gasteiger partial charge in [-0.2, -0.15) is 0 Å². The van der Waals surface area contributed by atoms with E-state index in [0.29, 0.717) is 21.8 Å². The molecule has 4 aromatic rings. The molecule has 3 nitrogen and oxygen atoms in total. The van der Waals surface area contributed by atoms with Gasteiger partial charge < -0.3 is 10.3 Å². The number of nitrogens with zero attached hydrogens (tertiary/aromatic N) is 1. The highest BCUT2D eigenvalue weighted by molar-refractivity contribution is 6.09. The Labute approximate surface area is 144 Å². The van der Waals surface area contributed by atoms with Gasteiger partial charge in [0.15, 0.2) is 23.3 Å². The highest BCUT2D eigenvalue weighted by atomic mass is 19.2. The molecule has 0 amide bonds. The third-order valence-electron chi connectivity index (χ3n) is 4.31. The van der Waals surface area contributed by atoms with Gasteiger partial charge in [0.1, 0.15) is 11.5 Å². The molecule has 7 heteroatoms. The first-order valence-electron chi connectivity index (χ1n) is 7.62. The Hall–Kier alpha value is -3.35. The summed E-state index contributed by atoms with van der Waals surface area (Å²) in [7, 11) is 0. The lowest BCUT2D eigenvalue weighted by molar-refractivity contribution is 0.447. The van der Waals surface area contributed by atoms with E-state index in [0.717, 1.165) is 4.57 Å². The van der Waals surface area contributed by atoms with Crippen LogP contribution in [0.4, 0.5) is 17.6 Å². The summed E-state index contributed by atoms with van der Waals surface area (Å²) in [5.74, 6) is -7.71. The van der Waals surface area contributed by atoms with Crippen LogP contribution in [0.25, 0.3) is 27.5 Å². The minimum absolute atomic E-state index is 0.390. The van der Waals surface area contributed by atoms with E-state index in [4.69, 9.17) is 11.1 Å². The molecule has 130 valence electrons. The van der Waals surface area contributed by atoms with Gasteiger partial charge in [-0.15, -0.1) is 0 Å². The lowest BCUT2D eigenvalue weighted by Crippen LogP contribution is -2.20. The third-order valence-corrected chi connectivity index (χ3v) is 4.31. The Morgan fingerprint density at radius 1 is 0.731 bits per heavy atom. The van der Waals surface area contributed by atoms with E-state index < -0.39 is 40.4 Å². The van der Waals surface area contributed by atoms with Crippen molar-refractivity contribution in [3.8, 4) is 5.69 Å². The maximum Gasteiger partial charge on any atom is 0.186 e. The zero-order valence-corrected chi connectivity index (χ0v) is 13.2. The van der Waals surface area contributed by atoms with Crippen LogP contribution in [0.3, 0.4) is 0 Å². The van der Waals surface area contributed by atoms with Crippen LogP contribution in [0, 0.1) is 28.7 Å². The summed E-state index contributed by atoms with van der Waals surface area (Å²) in [6.07, 6.45) is 0. The van der Waals surface area contributed by atoms with Crippen LogP contribution in [0.1, 0.15) is 5.56 Å². The number of benzene rings is 3. The molecule has 0 unspecified atom stereocenters. The fourth-order valence-electron chi connectivity index (χ4n) is 3.22. The summed E-state index contributed by atoms with van der Waals surface area (Å²) < 4.78 is 59.2. The number of nitrogen functional groups attached to an aromatic ring is 1. The molecule has 0 spiro atoms. The van der Waals surface area contributed by atoms with E-state index in [1.807, 2.05) is 0 Å². The SMILES string of the molecule is N=C(N)c1c(F)c(F)c(-n2c3ccccc3c3ccccc32)c(F)c1F. The highest BCUT2D eigenvalue weighted by Crippen LogP contribution is 2.35. The number of para-hydroxylation sites is 2. The molecule has 0 atom stereocenters. The van der Waals surface area contributed by atoms with Crippen molar-refractivity contribution in [2.24, 2.45) is 5.73 Å². The zero-order valence-electron chi connectivity index (χ0n) is 13.2. The van der Waals surface area contributed by atoms with Gasteiger partial charge in [-0.1, -0.05) is 36.4 Å². The van der Waals surface area contributed by atoms with Gasteiger partial charge >= 0.3 is 0 Å². The fraction of sp³-hybridized carbons (Fsp3) is 0. The second kappa shape index (κ2) is 5.59. The number of aromatic nitrogens is 1. The summed E-state index contributed by atoms with van der Waals surface area (Å²) in [5, 5.41) is 8.53. The second-order valence-corrected chi connectivity index (χ2v) is 5.76. The van der Waals surface area contributed by atoms with Crippen LogP contribution in [0.2, 0.25) is 0 Å². The number of hydrogen-bond donors (Lipinski definition) is 2. The first-order valence-corrected chi connectivity index (χ1v) is 7.62. The van der Waals surface area contributed by atoms with Crippen LogP contribution >= 0.6 is 0 Å². The zero-order chi connectivity index (χ0) is 18.6. The van der Waals surface area contributed by atoms with Crippen LogP contribution in [-0.4, -0.2) is 10.4 Å². The standard InChI is InChI=1S/C19H11F4N3/c20-14-13(19(24)25)15(21)17(23)18(16(14)22)26-11-7-3-1-5-9(11)10-6-2-4-8-12(10)26/h1-8H,(H3,24,25). The Morgan fingerprint density at radius 2 is 1.15 bits per heavy atom. The van der Waals surface area contributed by atoms with Gasteiger partial charge in [0.25, 0.3) is 0 Å². The second-order valence-electron chi connectivity index (χ2n) is 5.76. The molecule has 0 aliphatic carbocycles. The Morgan fingerprint density at radius 3 is 1.58 bits per heavy atom. The molecule has 0 aliphatic rings. The molecule has 4 rings (SSSR count). The molecular formula is C19H11F4N3. The monoisotopic (exact) mass is 357 g/mol. The van der Waals surface area contributed by atoms with Crippen molar-refractivity contribution < 1.29 is 17.6 Å². The molecule has 0 saturated carbocycles. The predicted octanol–water partition coefficient (Wildman–Crippen LogP) is 4.62. The van der Waals surface area contributed by atoms with Crippen LogP contribution < -0.4 is 5.73 Å². The van der Waals surface area contributed by atoms with Crippen molar-refractivity contribution in [2.45, 2.75) is 0 Å². The number of hydrogen-bond acceptors (Lipinski definition) is 1. The van der Waals surface area contributed by atoms with Crippen molar-refractivity contribution in [3.63, 3.8) is 0 Å². The summed E-state index contributed by atoms with van der Waals surface area (Å²) >= 11 is 0. The third kappa shape index (κ3) is 2.03. The molecule has 26 heavy (non-hydrogen) atoms. The fourth-order valence-corrected chi connectivity index (χ4v) is 3.22. The maximum atomic E-state index is 14.7. The molecule has 1 aromatic heterocycles. The number of nitrogens with one attached hydrogen (secondary N) is 1. The molecule has 1 heterocycles. The molecule has 0 bridgehead atoms. The van der Waals surface area contributed by atoms with E-state index in [1.165, 1.54) is 0 Å². The lowest BCUT2D eigenvalue weighted by Gasteiger charge is -2.14. The van der Waals surface area contributed by atoms with E-state index >= 15 is 0 Å². The van der Waals surface area contributed by atoms with E-state index in [-0.39, 0.29) is 0 Å².